The minimum atomic E-state index is -4.43. The number of halogens is 5. The Morgan fingerprint density at radius 3 is 2.74 bits per heavy atom. The molecule has 1 aromatic heterocycles. The highest BCUT2D eigenvalue weighted by Gasteiger charge is 2.32. The number of anilines is 1. The van der Waals surface area contributed by atoms with Crippen LogP contribution in [0.15, 0.2) is 36.5 Å². The molecule has 5 nitrogen and oxygen atoms in total. The van der Waals surface area contributed by atoms with Gasteiger partial charge in [0.25, 0.3) is 0 Å². The van der Waals surface area contributed by atoms with E-state index in [2.05, 4.69) is 15.2 Å². The quantitative estimate of drug-likeness (QED) is 0.687. The van der Waals surface area contributed by atoms with E-state index in [1.165, 1.54) is 12.3 Å². The number of hydrogen-bond donors (Lipinski definition) is 1. The molecule has 31 heavy (non-hydrogen) atoms. The van der Waals surface area contributed by atoms with Crippen molar-refractivity contribution in [2.75, 3.05) is 24.5 Å². The lowest BCUT2D eigenvalue weighted by Crippen LogP contribution is -2.51. The number of amides is 2. The first-order chi connectivity index (χ1) is 14.3. The molecule has 1 atom stereocenters. The fourth-order valence-electron chi connectivity index (χ4n) is 4.09. The number of nitrogens with one attached hydrogen (secondary N) is 1. The molecule has 1 saturated heterocycles. The maximum Gasteiger partial charge on any atom is 0.433 e. The Kier molecular flexibility index (Phi) is 7.34. The number of piperidine rings is 1. The number of aromatic nitrogens is 1. The number of urea groups is 1. The second-order valence-corrected chi connectivity index (χ2v) is 8.18. The van der Waals surface area contributed by atoms with Crippen LogP contribution >= 0.6 is 24.0 Å². The van der Waals surface area contributed by atoms with Gasteiger partial charge in [-0.15, -0.1) is 12.4 Å². The Morgan fingerprint density at radius 1 is 1.23 bits per heavy atom. The first kappa shape index (κ1) is 23.6. The first-order valence-corrected chi connectivity index (χ1v) is 10.3. The summed E-state index contributed by atoms with van der Waals surface area (Å²) in [6, 6.07) is 7.88. The third-order valence-electron chi connectivity index (χ3n) is 5.54. The Morgan fingerprint density at radius 2 is 2.03 bits per heavy atom. The molecule has 3 heterocycles. The molecule has 1 fully saturated rings. The predicted octanol–water partition coefficient (Wildman–Crippen LogP) is 4.91. The van der Waals surface area contributed by atoms with E-state index < -0.39 is 11.9 Å². The molecule has 2 aromatic rings. The van der Waals surface area contributed by atoms with E-state index in [9.17, 15) is 18.0 Å². The summed E-state index contributed by atoms with van der Waals surface area (Å²) in [5.41, 5.74) is 1.79. The van der Waals surface area contributed by atoms with Gasteiger partial charge in [-0.3, -0.25) is 14.8 Å². The molecule has 2 aliphatic heterocycles. The molecule has 0 bridgehead atoms. The van der Waals surface area contributed by atoms with Gasteiger partial charge < -0.3 is 5.32 Å². The van der Waals surface area contributed by atoms with Crippen LogP contribution in [0.1, 0.15) is 29.7 Å². The highest BCUT2D eigenvalue weighted by atomic mass is 35.5. The molecular formula is C21H23Cl2F3N4O. The summed E-state index contributed by atoms with van der Waals surface area (Å²) in [6.45, 7) is 2.60. The van der Waals surface area contributed by atoms with Crippen LogP contribution in [0.25, 0.3) is 0 Å². The number of likely N-dealkylation sites (tertiary alicyclic amines) is 1. The summed E-state index contributed by atoms with van der Waals surface area (Å²) in [7, 11) is 0. The van der Waals surface area contributed by atoms with Gasteiger partial charge in [-0.05, 0) is 61.2 Å². The van der Waals surface area contributed by atoms with Crippen LogP contribution in [-0.4, -0.2) is 41.6 Å². The number of carbonyl (C=O) groups excluding carboxylic acids is 1. The summed E-state index contributed by atoms with van der Waals surface area (Å²) in [5.74, 6) is 0. The zero-order chi connectivity index (χ0) is 21.3. The molecular weight excluding hydrogens is 452 g/mol. The lowest BCUT2D eigenvalue weighted by Gasteiger charge is -2.34. The Balaban J connectivity index is 0.00000272. The number of hydrogen-bond acceptors (Lipinski definition) is 3. The molecule has 2 amide bonds. The van der Waals surface area contributed by atoms with Gasteiger partial charge in [-0.2, -0.15) is 13.2 Å². The predicted molar refractivity (Wildman–Crippen MR) is 116 cm³/mol. The Labute approximate surface area is 190 Å². The van der Waals surface area contributed by atoms with Gasteiger partial charge in [0.1, 0.15) is 5.69 Å². The van der Waals surface area contributed by atoms with E-state index in [1.807, 2.05) is 12.1 Å². The second kappa shape index (κ2) is 9.63. The van der Waals surface area contributed by atoms with E-state index in [0.717, 1.165) is 48.7 Å². The minimum Gasteiger partial charge on any atom is -0.334 e. The van der Waals surface area contributed by atoms with Crippen LogP contribution < -0.4 is 10.2 Å². The van der Waals surface area contributed by atoms with Gasteiger partial charge in [-0.25, -0.2) is 4.79 Å². The molecule has 0 aliphatic carbocycles. The zero-order valence-corrected chi connectivity index (χ0v) is 18.2. The van der Waals surface area contributed by atoms with Crippen molar-refractivity contribution in [1.29, 1.82) is 0 Å². The zero-order valence-electron chi connectivity index (χ0n) is 16.7. The normalized spacial score (nSPS) is 19.0. The topological polar surface area (TPSA) is 48.5 Å². The van der Waals surface area contributed by atoms with Crippen LogP contribution in [0, 0.1) is 0 Å². The van der Waals surface area contributed by atoms with Gasteiger partial charge in [0.2, 0.25) is 0 Å². The molecule has 10 heteroatoms. The lowest BCUT2D eigenvalue weighted by molar-refractivity contribution is -0.141. The van der Waals surface area contributed by atoms with Gasteiger partial charge in [-0.1, -0.05) is 17.7 Å². The van der Waals surface area contributed by atoms with Crippen molar-refractivity contribution in [2.45, 2.75) is 38.0 Å². The number of pyridine rings is 1. The second-order valence-electron chi connectivity index (χ2n) is 7.75. The largest absolute Gasteiger partial charge is 0.433 e. The van der Waals surface area contributed by atoms with Crippen LogP contribution in [0.5, 0.6) is 0 Å². The van der Waals surface area contributed by atoms with Crippen LogP contribution in [0.4, 0.5) is 23.7 Å². The van der Waals surface area contributed by atoms with Crippen molar-refractivity contribution in [1.82, 2.24) is 15.2 Å². The molecule has 0 radical (unpaired) electrons. The molecule has 0 spiro atoms. The molecule has 1 N–H and O–H groups in total. The van der Waals surface area contributed by atoms with Gasteiger partial charge >= 0.3 is 12.2 Å². The van der Waals surface area contributed by atoms with Crippen LogP contribution in [0.3, 0.4) is 0 Å². The van der Waals surface area contributed by atoms with Gasteiger partial charge in [0, 0.05) is 42.6 Å². The van der Waals surface area contributed by atoms with Crippen molar-refractivity contribution < 1.29 is 18.0 Å². The van der Waals surface area contributed by atoms with Gasteiger partial charge in [0.15, 0.2) is 0 Å². The van der Waals surface area contributed by atoms with Crippen molar-refractivity contribution in [2.24, 2.45) is 0 Å². The van der Waals surface area contributed by atoms with Crippen molar-refractivity contribution >= 4 is 35.7 Å². The van der Waals surface area contributed by atoms with E-state index in [0.29, 0.717) is 24.7 Å². The minimum absolute atomic E-state index is 0. The highest BCUT2D eigenvalue weighted by Crippen LogP contribution is 2.31. The summed E-state index contributed by atoms with van der Waals surface area (Å²) in [4.78, 5) is 20.2. The number of benzene rings is 1. The van der Waals surface area contributed by atoms with E-state index >= 15 is 0 Å². The van der Waals surface area contributed by atoms with E-state index in [4.69, 9.17) is 11.6 Å². The third kappa shape index (κ3) is 5.61. The van der Waals surface area contributed by atoms with E-state index in [1.54, 1.807) is 11.0 Å². The number of rotatable bonds is 3. The highest BCUT2D eigenvalue weighted by molar-refractivity contribution is 6.30. The number of fused-ring (bicyclic) bond motifs is 1. The fourth-order valence-corrected chi connectivity index (χ4v) is 4.29. The molecule has 1 unspecified atom stereocenters. The van der Waals surface area contributed by atoms with Crippen molar-refractivity contribution in [3.8, 4) is 0 Å². The first-order valence-electron chi connectivity index (χ1n) is 9.90. The third-order valence-corrected chi connectivity index (χ3v) is 5.77. The summed E-state index contributed by atoms with van der Waals surface area (Å²) >= 11 is 6.03. The van der Waals surface area contributed by atoms with E-state index in [-0.39, 0.29) is 24.5 Å². The molecule has 0 saturated carbocycles. The smallest absolute Gasteiger partial charge is 0.334 e. The molecule has 1 aromatic carbocycles. The van der Waals surface area contributed by atoms with Gasteiger partial charge in [0.05, 0.1) is 0 Å². The molecule has 168 valence electrons. The van der Waals surface area contributed by atoms with Crippen LogP contribution in [0.2, 0.25) is 5.02 Å². The monoisotopic (exact) mass is 474 g/mol. The standard InChI is InChI=1S/C21H22ClF3N4O.ClH/c22-16-4-5-18-15(10-16)7-9-29(18)20(30)27-17-2-1-8-28(13-17)12-14-3-6-19(26-11-14)21(23,24)25;/h3-6,10-11,17H,1-2,7-9,12-13H2,(H,27,30);1H. The molecule has 2 aliphatic rings. The Bertz CT molecular complexity index is 924. The average molecular weight is 475 g/mol. The maximum atomic E-state index is 12.8. The van der Waals surface area contributed by atoms with Crippen molar-refractivity contribution in [3.63, 3.8) is 0 Å². The average Bonchev–Trinajstić information content (AvgIpc) is 3.11. The number of carbonyl (C=O) groups is 1. The summed E-state index contributed by atoms with van der Waals surface area (Å²) in [5, 5.41) is 3.77. The fraction of sp³-hybridized carbons (Fsp3) is 0.429. The van der Waals surface area contributed by atoms with Crippen molar-refractivity contribution in [3.05, 3.63) is 58.4 Å². The maximum absolute atomic E-state index is 12.8. The van der Waals surface area contributed by atoms with Crippen LogP contribution in [-0.2, 0) is 19.1 Å². The summed E-state index contributed by atoms with van der Waals surface area (Å²) in [6.07, 6.45) is -0.600. The number of nitrogens with zero attached hydrogens (tertiary/aromatic N) is 3. The lowest BCUT2D eigenvalue weighted by atomic mass is 10.1. The summed E-state index contributed by atoms with van der Waals surface area (Å²) < 4.78 is 38.0. The SMILES string of the molecule is Cl.O=C(NC1CCCN(Cc2ccc(C(F)(F)F)nc2)C1)N1CCc2cc(Cl)ccc21. The Hall–Kier alpha value is -2.03. The molecule has 4 rings (SSSR count). The number of alkyl halides is 3.